The summed E-state index contributed by atoms with van der Waals surface area (Å²) in [6, 6.07) is 15.2. The molecule has 2 rings (SSSR count). The molecule has 0 aliphatic carbocycles. The average Bonchev–Trinajstić information content (AvgIpc) is 2.47. The summed E-state index contributed by atoms with van der Waals surface area (Å²) < 4.78 is 5.88. The van der Waals surface area contributed by atoms with Crippen LogP contribution in [0.2, 0.25) is 0 Å². The van der Waals surface area contributed by atoms with Crippen LogP contribution in [0, 0.1) is 6.92 Å². The molecule has 2 aromatic rings. The van der Waals surface area contributed by atoms with Crippen LogP contribution in [0.5, 0.6) is 11.5 Å². The van der Waals surface area contributed by atoms with Crippen molar-refractivity contribution in [3.05, 3.63) is 54.1 Å². The van der Waals surface area contributed by atoms with E-state index in [2.05, 4.69) is 5.32 Å². The molecule has 0 heterocycles. The van der Waals surface area contributed by atoms with Gasteiger partial charge in [0.25, 0.3) is 0 Å². The van der Waals surface area contributed by atoms with Crippen LogP contribution in [-0.2, 0) is 4.79 Å². The Labute approximate surface area is 131 Å². The Morgan fingerprint density at radius 1 is 1.23 bits per heavy atom. The minimum absolute atomic E-state index is 0.0181. The fraction of sp³-hybridized carbons (Fsp3) is 0.278. The van der Waals surface area contributed by atoms with Gasteiger partial charge in [0.15, 0.2) is 5.75 Å². The van der Waals surface area contributed by atoms with Gasteiger partial charge in [0.2, 0.25) is 5.91 Å². The minimum atomic E-state index is -0.0578. The molecule has 1 unspecified atom stereocenters. The zero-order chi connectivity index (χ0) is 15.9. The molecule has 0 spiro atoms. The SMILES string of the molecule is Cc1cccc(Oc2ccccc2NC(=O)CCC(C)N)c1. The van der Waals surface area contributed by atoms with Crippen molar-refractivity contribution in [2.24, 2.45) is 5.73 Å². The van der Waals surface area contributed by atoms with Gasteiger partial charge in [0.1, 0.15) is 5.75 Å². The fourth-order valence-electron chi connectivity index (χ4n) is 2.04. The van der Waals surface area contributed by atoms with E-state index in [0.29, 0.717) is 24.3 Å². The van der Waals surface area contributed by atoms with Gasteiger partial charge in [-0.25, -0.2) is 0 Å². The molecule has 0 fully saturated rings. The van der Waals surface area contributed by atoms with E-state index in [4.69, 9.17) is 10.5 Å². The van der Waals surface area contributed by atoms with E-state index in [9.17, 15) is 4.79 Å². The number of benzene rings is 2. The second-order valence-electron chi connectivity index (χ2n) is 5.48. The third-order valence-electron chi connectivity index (χ3n) is 3.21. The van der Waals surface area contributed by atoms with E-state index in [1.165, 1.54) is 0 Å². The van der Waals surface area contributed by atoms with Crippen molar-refractivity contribution in [3.63, 3.8) is 0 Å². The Kier molecular flexibility index (Phi) is 5.55. The third kappa shape index (κ3) is 4.90. The lowest BCUT2D eigenvalue weighted by Gasteiger charge is -2.13. The maximum absolute atomic E-state index is 12.0. The standard InChI is InChI=1S/C18H22N2O2/c1-13-6-5-7-15(12-13)22-17-9-4-3-8-16(17)20-18(21)11-10-14(2)19/h3-9,12,14H,10-11,19H2,1-2H3,(H,20,21). The van der Waals surface area contributed by atoms with Gasteiger partial charge >= 0.3 is 0 Å². The number of amides is 1. The number of hydrogen-bond donors (Lipinski definition) is 2. The quantitative estimate of drug-likeness (QED) is 0.851. The van der Waals surface area contributed by atoms with Crippen LogP contribution < -0.4 is 15.8 Å². The Hall–Kier alpha value is -2.33. The largest absolute Gasteiger partial charge is 0.455 e. The number of carbonyl (C=O) groups excluding carboxylic acids is 1. The Bertz CT molecular complexity index is 638. The van der Waals surface area contributed by atoms with Crippen LogP contribution in [0.3, 0.4) is 0 Å². The lowest BCUT2D eigenvalue weighted by molar-refractivity contribution is -0.116. The van der Waals surface area contributed by atoms with Gasteiger partial charge in [-0.1, -0.05) is 24.3 Å². The van der Waals surface area contributed by atoms with E-state index < -0.39 is 0 Å². The first-order valence-electron chi connectivity index (χ1n) is 7.43. The van der Waals surface area contributed by atoms with Crippen LogP contribution >= 0.6 is 0 Å². The highest BCUT2D eigenvalue weighted by Crippen LogP contribution is 2.29. The number of carbonyl (C=O) groups is 1. The molecule has 0 saturated carbocycles. The Morgan fingerprint density at radius 3 is 2.73 bits per heavy atom. The highest BCUT2D eigenvalue weighted by molar-refractivity contribution is 5.92. The van der Waals surface area contributed by atoms with Gasteiger partial charge in [0.05, 0.1) is 5.69 Å². The molecule has 0 bridgehead atoms. The first-order chi connectivity index (χ1) is 10.5. The number of para-hydroxylation sites is 2. The number of ether oxygens (including phenoxy) is 1. The van der Waals surface area contributed by atoms with Gasteiger partial charge in [0, 0.05) is 12.5 Å². The monoisotopic (exact) mass is 298 g/mol. The molecule has 0 saturated heterocycles. The molecule has 116 valence electrons. The maximum atomic E-state index is 12.0. The maximum Gasteiger partial charge on any atom is 0.224 e. The third-order valence-corrected chi connectivity index (χ3v) is 3.21. The van der Waals surface area contributed by atoms with Gasteiger partial charge < -0.3 is 15.8 Å². The molecule has 0 aliphatic rings. The Morgan fingerprint density at radius 2 is 2.00 bits per heavy atom. The molecule has 0 aliphatic heterocycles. The zero-order valence-corrected chi connectivity index (χ0v) is 13.0. The molecular formula is C18H22N2O2. The van der Waals surface area contributed by atoms with Crippen molar-refractivity contribution in [1.29, 1.82) is 0 Å². The van der Waals surface area contributed by atoms with Crippen molar-refractivity contribution in [3.8, 4) is 11.5 Å². The topological polar surface area (TPSA) is 64.3 Å². The second kappa shape index (κ2) is 7.61. The number of hydrogen-bond acceptors (Lipinski definition) is 3. The summed E-state index contributed by atoms with van der Waals surface area (Å²) in [7, 11) is 0. The normalized spacial score (nSPS) is 11.8. The lowest BCUT2D eigenvalue weighted by atomic mass is 10.2. The summed E-state index contributed by atoms with van der Waals surface area (Å²) in [6.45, 7) is 3.90. The molecule has 3 N–H and O–H groups in total. The van der Waals surface area contributed by atoms with E-state index >= 15 is 0 Å². The van der Waals surface area contributed by atoms with Crippen molar-refractivity contribution in [2.45, 2.75) is 32.7 Å². The molecular weight excluding hydrogens is 276 g/mol. The number of nitrogens with one attached hydrogen (secondary N) is 1. The summed E-state index contributed by atoms with van der Waals surface area (Å²) in [6.07, 6.45) is 1.06. The smallest absolute Gasteiger partial charge is 0.224 e. The highest BCUT2D eigenvalue weighted by atomic mass is 16.5. The van der Waals surface area contributed by atoms with Gasteiger partial charge in [-0.3, -0.25) is 4.79 Å². The summed E-state index contributed by atoms with van der Waals surface area (Å²) in [5, 5.41) is 2.88. The second-order valence-corrected chi connectivity index (χ2v) is 5.48. The van der Waals surface area contributed by atoms with Crippen LogP contribution in [0.4, 0.5) is 5.69 Å². The van der Waals surface area contributed by atoms with Crippen molar-refractivity contribution < 1.29 is 9.53 Å². The molecule has 0 aromatic heterocycles. The predicted molar refractivity (Wildman–Crippen MR) is 89.2 cm³/mol. The molecule has 22 heavy (non-hydrogen) atoms. The molecule has 1 atom stereocenters. The number of rotatable bonds is 6. The first kappa shape index (κ1) is 16.0. The van der Waals surface area contributed by atoms with Crippen LogP contribution in [0.25, 0.3) is 0 Å². The van der Waals surface area contributed by atoms with Crippen LogP contribution in [-0.4, -0.2) is 11.9 Å². The van der Waals surface area contributed by atoms with Gasteiger partial charge in [-0.15, -0.1) is 0 Å². The van der Waals surface area contributed by atoms with Crippen molar-refractivity contribution in [2.75, 3.05) is 5.32 Å². The number of anilines is 1. The summed E-state index contributed by atoms with van der Waals surface area (Å²) in [5.41, 5.74) is 7.46. The van der Waals surface area contributed by atoms with E-state index in [1.807, 2.05) is 62.4 Å². The first-order valence-corrected chi connectivity index (χ1v) is 7.43. The van der Waals surface area contributed by atoms with Crippen LogP contribution in [0.1, 0.15) is 25.3 Å². The average molecular weight is 298 g/mol. The van der Waals surface area contributed by atoms with Crippen LogP contribution in [0.15, 0.2) is 48.5 Å². The van der Waals surface area contributed by atoms with Gasteiger partial charge in [-0.2, -0.15) is 0 Å². The molecule has 2 aromatic carbocycles. The fourth-order valence-corrected chi connectivity index (χ4v) is 2.04. The van der Waals surface area contributed by atoms with Crippen molar-refractivity contribution in [1.82, 2.24) is 0 Å². The summed E-state index contributed by atoms with van der Waals surface area (Å²) >= 11 is 0. The van der Waals surface area contributed by atoms with E-state index in [0.717, 1.165) is 11.3 Å². The number of aryl methyl sites for hydroxylation is 1. The minimum Gasteiger partial charge on any atom is -0.455 e. The van der Waals surface area contributed by atoms with Gasteiger partial charge in [-0.05, 0) is 50.1 Å². The Balaban J connectivity index is 2.08. The van der Waals surface area contributed by atoms with Crippen molar-refractivity contribution >= 4 is 11.6 Å². The number of nitrogens with two attached hydrogens (primary N) is 1. The molecule has 4 heteroatoms. The molecule has 0 radical (unpaired) electrons. The highest BCUT2D eigenvalue weighted by Gasteiger charge is 2.09. The van der Waals surface area contributed by atoms with E-state index in [-0.39, 0.29) is 11.9 Å². The van der Waals surface area contributed by atoms with E-state index in [1.54, 1.807) is 0 Å². The molecule has 4 nitrogen and oxygen atoms in total. The molecule has 1 amide bonds. The lowest BCUT2D eigenvalue weighted by Crippen LogP contribution is -2.19. The predicted octanol–water partition coefficient (Wildman–Crippen LogP) is 3.85. The summed E-state index contributed by atoms with van der Waals surface area (Å²) in [5.74, 6) is 1.32. The summed E-state index contributed by atoms with van der Waals surface area (Å²) in [4.78, 5) is 12.0. The zero-order valence-electron chi connectivity index (χ0n) is 13.0.